The highest BCUT2D eigenvalue weighted by Crippen LogP contribution is 2.39. The maximum Gasteiger partial charge on any atom is 0.264 e. The first-order chi connectivity index (χ1) is 20.8. The molecule has 2 aromatic carbocycles. The van der Waals surface area contributed by atoms with E-state index in [0.29, 0.717) is 33.9 Å². The molecule has 0 unspecified atom stereocenters. The third-order valence-electron chi connectivity index (χ3n) is 8.82. The third kappa shape index (κ3) is 5.22. The van der Waals surface area contributed by atoms with E-state index >= 15 is 4.39 Å². The highest BCUT2D eigenvalue weighted by atomic mass is 32.2. The van der Waals surface area contributed by atoms with Crippen LogP contribution in [0.1, 0.15) is 31.7 Å². The van der Waals surface area contributed by atoms with Gasteiger partial charge < -0.3 is 15.2 Å². The first-order valence-electron chi connectivity index (χ1n) is 14.4. The van der Waals surface area contributed by atoms with Gasteiger partial charge in [-0.05, 0) is 62.6 Å². The van der Waals surface area contributed by atoms with Gasteiger partial charge in [-0.2, -0.15) is 8.75 Å². The quantitative estimate of drug-likeness (QED) is 0.284. The molecule has 224 valence electrons. The van der Waals surface area contributed by atoms with Crippen molar-refractivity contribution in [3.63, 3.8) is 0 Å². The Hall–Kier alpha value is -3.72. The van der Waals surface area contributed by atoms with Crippen LogP contribution in [0.25, 0.3) is 33.2 Å². The van der Waals surface area contributed by atoms with Crippen LogP contribution >= 0.6 is 11.7 Å². The average Bonchev–Trinajstić information content (AvgIpc) is 3.65. The van der Waals surface area contributed by atoms with E-state index < -0.39 is 15.8 Å². The Morgan fingerprint density at radius 2 is 1.77 bits per heavy atom. The zero-order valence-electron chi connectivity index (χ0n) is 23.6. The van der Waals surface area contributed by atoms with E-state index in [1.807, 2.05) is 6.20 Å². The number of halogens is 1. The smallest absolute Gasteiger partial charge is 0.264 e. The number of nitrogens with one attached hydrogen (secondary N) is 1. The number of sulfonamides is 1. The molecule has 2 aliphatic rings. The number of piperazine rings is 1. The minimum atomic E-state index is -4.11. The number of aromatic nitrogens is 5. The van der Waals surface area contributed by atoms with Gasteiger partial charge in [0.1, 0.15) is 39.5 Å². The van der Waals surface area contributed by atoms with E-state index in [-0.39, 0.29) is 22.1 Å². The molecule has 2 fully saturated rings. The van der Waals surface area contributed by atoms with Crippen molar-refractivity contribution in [2.75, 3.05) is 43.7 Å². The van der Waals surface area contributed by atoms with Crippen LogP contribution in [0.5, 0.6) is 0 Å². The van der Waals surface area contributed by atoms with Gasteiger partial charge in [-0.25, -0.2) is 22.8 Å². The number of hydrogen-bond acceptors (Lipinski definition) is 10. The largest absolute Gasteiger partial charge is 0.383 e. The molecule has 1 saturated heterocycles. The summed E-state index contributed by atoms with van der Waals surface area (Å²) in [7, 11) is -1.94. The SMILES string of the molecule is CN1CCN([C@H]2CC[C@H](n3cc(-c4ccc(NS(=O)(=O)c5cccc6nsnc56)c(F)c4)c4c(N)ncnc43)CC2)CC1. The number of benzene rings is 2. The molecule has 43 heavy (non-hydrogen) atoms. The van der Waals surface area contributed by atoms with Gasteiger partial charge in [0.15, 0.2) is 0 Å². The number of nitrogens with two attached hydrogens (primary N) is 1. The number of anilines is 2. The van der Waals surface area contributed by atoms with E-state index in [0.717, 1.165) is 69.2 Å². The van der Waals surface area contributed by atoms with Gasteiger partial charge in [-0.3, -0.25) is 9.62 Å². The fraction of sp³-hybridized carbons (Fsp3) is 0.379. The minimum Gasteiger partial charge on any atom is -0.383 e. The third-order valence-corrected chi connectivity index (χ3v) is 10.8. The van der Waals surface area contributed by atoms with Crippen molar-refractivity contribution in [2.45, 2.75) is 42.7 Å². The van der Waals surface area contributed by atoms with E-state index in [1.54, 1.807) is 18.2 Å². The second-order valence-corrected chi connectivity index (χ2v) is 13.6. The van der Waals surface area contributed by atoms with Crippen molar-refractivity contribution < 1.29 is 12.8 Å². The number of fused-ring (bicyclic) bond motifs is 2. The Labute approximate surface area is 252 Å². The molecule has 3 aromatic heterocycles. The van der Waals surface area contributed by atoms with Gasteiger partial charge in [0.25, 0.3) is 10.0 Å². The molecule has 1 aliphatic carbocycles. The number of hydrogen-bond donors (Lipinski definition) is 2. The molecule has 5 aromatic rings. The Kier molecular flexibility index (Phi) is 7.24. The van der Waals surface area contributed by atoms with Gasteiger partial charge in [-0.15, -0.1) is 0 Å². The van der Waals surface area contributed by atoms with Crippen LogP contribution < -0.4 is 10.5 Å². The van der Waals surface area contributed by atoms with Crippen molar-refractivity contribution in [1.29, 1.82) is 0 Å². The maximum atomic E-state index is 15.5. The van der Waals surface area contributed by atoms with Gasteiger partial charge in [0, 0.05) is 50.0 Å². The Bertz CT molecular complexity index is 1910. The summed E-state index contributed by atoms with van der Waals surface area (Å²) in [5, 5.41) is 0.666. The lowest BCUT2D eigenvalue weighted by Gasteiger charge is -2.41. The van der Waals surface area contributed by atoms with Crippen LogP contribution in [-0.2, 0) is 10.0 Å². The zero-order valence-corrected chi connectivity index (χ0v) is 25.3. The van der Waals surface area contributed by atoms with Gasteiger partial charge in [-0.1, -0.05) is 12.1 Å². The van der Waals surface area contributed by atoms with E-state index in [1.165, 1.54) is 24.5 Å². The number of likely N-dealkylation sites (N-methyl/N-ethyl adjacent to an activating group) is 1. The topological polar surface area (TPSA) is 135 Å². The predicted octanol–water partition coefficient (Wildman–Crippen LogP) is 4.36. The molecule has 4 heterocycles. The molecule has 0 atom stereocenters. The molecule has 1 saturated carbocycles. The summed E-state index contributed by atoms with van der Waals surface area (Å²) in [5.41, 5.74) is 8.89. The first-order valence-corrected chi connectivity index (χ1v) is 16.6. The Balaban J connectivity index is 1.16. The normalized spacial score (nSPS) is 20.6. The number of nitrogens with zero attached hydrogens (tertiary/aromatic N) is 7. The molecular formula is C29H32FN9O2S2. The van der Waals surface area contributed by atoms with Gasteiger partial charge >= 0.3 is 0 Å². The molecule has 11 nitrogen and oxygen atoms in total. The van der Waals surface area contributed by atoms with E-state index in [9.17, 15) is 8.42 Å². The Morgan fingerprint density at radius 1 is 1.00 bits per heavy atom. The monoisotopic (exact) mass is 621 g/mol. The van der Waals surface area contributed by atoms with Crippen molar-refractivity contribution in [2.24, 2.45) is 0 Å². The predicted molar refractivity (Wildman–Crippen MR) is 166 cm³/mol. The summed E-state index contributed by atoms with van der Waals surface area (Å²) in [4.78, 5) is 13.8. The van der Waals surface area contributed by atoms with Crippen LogP contribution in [0.3, 0.4) is 0 Å². The van der Waals surface area contributed by atoms with E-state index in [2.05, 4.69) is 44.9 Å². The number of nitrogen functional groups attached to an aromatic ring is 1. The van der Waals surface area contributed by atoms with Crippen LogP contribution in [0.2, 0.25) is 0 Å². The van der Waals surface area contributed by atoms with Crippen molar-refractivity contribution in [1.82, 2.24) is 33.1 Å². The maximum absolute atomic E-state index is 15.5. The van der Waals surface area contributed by atoms with Crippen LogP contribution in [0.4, 0.5) is 15.9 Å². The molecule has 0 bridgehead atoms. The summed E-state index contributed by atoms with van der Waals surface area (Å²) in [6, 6.07) is 9.95. The van der Waals surface area contributed by atoms with Crippen LogP contribution in [-0.4, -0.2) is 80.8 Å². The van der Waals surface area contributed by atoms with Crippen molar-refractivity contribution >= 4 is 55.3 Å². The average molecular weight is 622 g/mol. The van der Waals surface area contributed by atoms with E-state index in [4.69, 9.17) is 5.73 Å². The molecular weight excluding hydrogens is 590 g/mol. The molecule has 0 spiro atoms. The second kappa shape index (κ2) is 11.1. The van der Waals surface area contributed by atoms with Crippen LogP contribution in [0.15, 0.2) is 53.8 Å². The highest BCUT2D eigenvalue weighted by molar-refractivity contribution is 7.93. The van der Waals surface area contributed by atoms with Gasteiger partial charge in [0.2, 0.25) is 0 Å². The lowest BCUT2D eigenvalue weighted by atomic mass is 9.89. The fourth-order valence-electron chi connectivity index (χ4n) is 6.46. The summed E-state index contributed by atoms with van der Waals surface area (Å²) in [6.45, 7) is 4.44. The highest BCUT2D eigenvalue weighted by Gasteiger charge is 2.30. The summed E-state index contributed by atoms with van der Waals surface area (Å²) < 4.78 is 54.6. The van der Waals surface area contributed by atoms with Crippen molar-refractivity contribution in [3.8, 4) is 11.1 Å². The standard InChI is InChI=1S/C29H32FN9O2S2/c1-37-11-13-38(14-12-37)19-6-8-20(9-7-19)39-16-21(26-28(31)32-17-33-29(26)39)18-5-10-23(22(30)15-18)36-43(40,41)25-4-2-3-24-27(25)35-42-34-24/h2-5,10,15-17,19-20,36H,6-9,11-14H2,1H3,(H2,31,32,33)/t19-,20-. The second-order valence-electron chi connectivity index (χ2n) is 11.4. The molecule has 1 aliphatic heterocycles. The molecule has 3 N–H and O–H groups in total. The zero-order chi connectivity index (χ0) is 29.7. The van der Waals surface area contributed by atoms with Crippen molar-refractivity contribution in [3.05, 3.63) is 54.7 Å². The summed E-state index contributed by atoms with van der Waals surface area (Å²) >= 11 is 0.920. The summed E-state index contributed by atoms with van der Waals surface area (Å²) in [6.07, 6.45) is 7.70. The lowest BCUT2D eigenvalue weighted by molar-refractivity contribution is 0.0828. The molecule has 0 amide bonds. The van der Waals surface area contributed by atoms with Crippen LogP contribution in [0, 0.1) is 5.82 Å². The first kappa shape index (κ1) is 28.1. The number of rotatable bonds is 6. The summed E-state index contributed by atoms with van der Waals surface area (Å²) in [5.74, 6) is -0.395. The molecule has 14 heteroatoms. The fourth-order valence-corrected chi connectivity index (χ4v) is 8.29. The molecule has 0 radical (unpaired) electrons. The lowest BCUT2D eigenvalue weighted by Crippen LogP contribution is -2.49. The minimum absolute atomic E-state index is 0.0578. The Morgan fingerprint density at radius 3 is 2.53 bits per heavy atom. The molecule has 7 rings (SSSR count). The van der Waals surface area contributed by atoms with Gasteiger partial charge in [0.05, 0.1) is 22.8 Å².